The molecule has 9 heteroatoms. The monoisotopic (exact) mass is 417 g/mol. The van der Waals surface area contributed by atoms with E-state index in [4.69, 9.17) is 16.7 Å². The van der Waals surface area contributed by atoms with Crippen molar-refractivity contribution in [3.63, 3.8) is 0 Å². The van der Waals surface area contributed by atoms with E-state index in [1.165, 1.54) is 48.3 Å². The smallest absolute Gasteiger partial charge is 0.335 e. The Kier molecular flexibility index (Phi) is 6.23. The van der Waals surface area contributed by atoms with Crippen LogP contribution in [0.3, 0.4) is 0 Å². The Bertz CT molecular complexity index is 1030. The van der Waals surface area contributed by atoms with Crippen LogP contribution in [0.2, 0.25) is 5.02 Å². The van der Waals surface area contributed by atoms with E-state index in [-0.39, 0.29) is 22.1 Å². The number of aromatic carboxylic acids is 1. The molecule has 0 atom stereocenters. The number of aromatic nitrogens is 2. The van der Waals surface area contributed by atoms with Crippen LogP contribution in [-0.2, 0) is 5.75 Å². The molecule has 1 aromatic heterocycles. The van der Waals surface area contributed by atoms with Crippen LogP contribution in [0.4, 0.5) is 10.1 Å². The number of halogens is 2. The second-order valence-corrected chi connectivity index (χ2v) is 6.95. The minimum absolute atomic E-state index is 0.0287. The predicted octanol–water partition coefficient (Wildman–Crippen LogP) is 4.51. The summed E-state index contributed by atoms with van der Waals surface area (Å²) in [4.78, 5) is 31.8. The number of hydrogen-bond acceptors (Lipinski definition) is 5. The van der Waals surface area contributed by atoms with E-state index in [1.807, 2.05) is 0 Å². The SMILES string of the molecule is O=C(O)c1cccc(NC(=O)c2nc(SCc3ccc(F)cc3)ncc2Cl)c1. The highest BCUT2D eigenvalue weighted by Crippen LogP contribution is 2.23. The van der Waals surface area contributed by atoms with Crippen LogP contribution >= 0.6 is 23.4 Å². The fourth-order valence-corrected chi connectivity index (χ4v) is 3.18. The van der Waals surface area contributed by atoms with Gasteiger partial charge in [0.05, 0.1) is 16.8 Å². The van der Waals surface area contributed by atoms with Gasteiger partial charge in [-0.3, -0.25) is 4.79 Å². The van der Waals surface area contributed by atoms with Crippen LogP contribution in [0.25, 0.3) is 0 Å². The Morgan fingerprint density at radius 3 is 2.64 bits per heavy atom. The highest BCUT2D eigenvalue weighted by atomic mass is 35.5. The van der Waals surface area contributed by atoms with Crippen LogP contribution in [0.15, 0.2) is 59.9 Å². The number of carbonyl (C=O) groups excluding carboxylic acids is 1. The molecule has 0 spiro atoms. The van der Waals surface area contributed by atoms with Gasteiger partial charge in [-0.2, -0.15) is 0 Å². The number of carboxylic acids is 1. The summed E-state index contributed by atoms with van der Waals surface area (Å²) in [5.41, 5.74) is 1.20. The molecule has 0 aliphatic rings. The number of benzene rings is 2. The molecule has 28 heavy (non-hydrogen) atoms. The molecule has 1 amide bonds. The van der Waals surface area contributed by atoms with E-state index in [9.17, 15) is 14.0 Å². The zero-order valence-corrected chi connectivity index (χ0v) is 15.8. The summed E-state index contributed by atoms with van der Waals surface area (Å²) in [6.07, 6.45) is 1.32. The van der Waals surface area contributed by atoms with Crippen molar-refractivity contribution in [2.45, 2.75) is 10.9 Å². The van der Waals surface area contributed by atoms with Gasteiger partial charge in [0, 0.05) is 11.4 Å². The number of carbonyl (C=O) groups is 2. The topological polar surface area (TPSA) is 92.2 Å². The Hall–Kier alpha value is -2.97. The van der Waals surface area contributed by atoms with Crippen molar-refractivity contribution in [3.8, 4) is 0 Å². The molecule has 0 fully saturated rings. The van der Waals surface area contributed by atoms with Gasteiger partial charge in [0.25, 0.3) is 5.91 Å². The number of anilines is 1. The summed E-state index contributed by atoms with van der Waals surface area (Å²) in [5.74, 6) is -1.51. The van der Waals surface area contributed by atoms with Crippen LogP contribution < -0.4 is 5.32 Å². The third-order valence-electron chi connectivity index (χ3n) is 3.59. The van der Waals surface area contributed by atoms with Crippen LogP contribution in [0.5, 0.6) is 0 Å². The zero-order chi connectivity index (χ0) is 20.1. The number of thioether (sulfide) groups is 1. The van der Waals surface area contributed by atoms with Crippen molar-refractivity contribution in [1.29, 1.82) is 0 Å². The molecule has 142 valence electrons. The van der Waals surface area contributed by atoms with E-state index in [0.29, 0.717) is 16.6 Å². The minimum atomic E-state index is -1.10. The van der Waals surface area contributed by atoms with Crippen LogP contribution in [-0.4, -0.2) is 27.0 Å². The largest absolute Gasteiger partial charge is 0.478 e. The maximum Gasteiger partial charge on any atom is 0.335 e. The summed E-state index contributed by atoms with van der Waals surface area (Å²) in [6, 6.07) is 11.9. The second kappa shape index (κ2) is 8.81. The first-order valence-corrected chi connectivity index (χ1v) is 9.33. The summed E-state index contributed by atoms with van der Waals surface area (Å²) < 4.78 is 13.0. The van der Waals surface area contributed by atoms with Gasteiger partial charge in [-0.25, -0.2) is 19.2 Å². The Morgan fingerprint density at radius 2 is 1.93 bits per heavy atom. The second-order valence-electron chi connectivity index (χ2n) is 5.60. The predicted molar refractivity (Wildman–Crippen MR) is 104 cm³/mol. The number of carboxylic acid groups (broad SMARTS) is 1. The fourth-order valence-electron chi connectivity index (χ4n) is 2.23. The van der Waals surface area contributed by atoms with Crippen molar-refractivity contribution < 1.29 is 19.1 Å². The van der Waals surface area contributed by atoms with E-state index < -0.39 is 11.9 Å². The van der Waals surface area contributed by atoms with E-state index >= 15 is 0 Å². The molecule has 1 heterocycles. The first kappa shape index (κ1) is 19.8. The van der Waals surface area contributed by atoms with Gasteiger partial charge in [-0.1, -0.05) is 41.6 Å². The lowest BCUT2D eigenvalue weighted by atomic mass is 10.2. The molecular weight excluding hydrogens is 405 g/mol. The summed E-state index contributed by atoms with van der Waals surface area (Å²) in [5, 5.41) is 12.0. The van der Waals surface area contributed by atoms with Gasteiger partial charge in [-0.05, 0) is 35.9 Å². The Balaban J connectivity index is 1.73. The normalized spacial score (nSPS) is 10.5. The molecular formula is C19H13ClFN3O3S. The highest BCUT2D eigenvalue weighted by molar-refractivity contribution is 7.98. The van der Waals surface area contributed by atoms with E-state index in [2.05, 4.69) is 15.3 Å². The lowest BCUT2D eigenvalue weighted by molar-refractivity contribution is 0.0696. The van der Waals surface area contributed by atoms with Crippen molar-refractivity contribution in [2.24, 2.45) is 0 Å². The first-order valence-electron chi connectivity index (χ1n) is 7.97. The summed E-state index contributed by atoms with van der Waals surface area (Å²) >= 11 is 7.31. The standard InChI is InChI=1S/C19H13ClFN3O3S/c20-15-9-22-19(28-10-11-4-6-13(21)7-5-11)24-16(15)17(25)23-14-3-1-2-12(8-14)18(26)27/h1-9H,10H2,(H,23,25)(H,26,27). The van der Waals surface area contributed by atoms with Crippen molar-refractivity contribution >= 4 is 40.9 Å². The molecule has 3 aromatic rings. The zero-order valence-electron chi connectivity index (χ0n) is 14.2. The molecule has 0 unspecified atom stereocenters. The number of amides is 1. The first-order chi connectivity index (χ1) is 13.4. The summed E-state index contributed by atoms with van der Waals surface area (Å²) in [6.45, 7) is 0. The van der Waals surface area contributed by atoms with Gasteiger partial charge in [0.2, 0.25) is 0 Å². The Morgan fingerprint density at radius 1 is 1.18 bits per heavy atom. The van der Waals surface area contributed by atoms with E-state index in [0.717, 1.165) is 5.56 Å². The third kappa shape index (κ3) is 5.05. The maximum absolute atomic E-state index is 13.0. The number of hydrogen-bond donors (Lipinski definition) is 2. The minimum Gasteiger partial charge on any atom is -0.478 e. The molecule has 0 bridgehead atoms. The van der Waals surface area contributed by atoms with Gasteiger partial charge >= 0.3 is 5.97 Å². The quantitative estimate of drug-likeness (QED) is 0.452. The van der Waals surface area contributed by atoms with Gasteiger partial charge in [-0.15, -0.1) is 0 Å². The average molecular weight is 418 g/mol. The molecule has 0 aliphatic carbocycles. The van der Waals surface area contributed by atoms with Gasteiger partial charge < -0.3 is 10.4 Å². The van der Waals surface area contributed by atoms with Crippen LogP contribution in [0.1, 0.15) is 26.4 Å². The molecule has 0 radical (unpaired) electrons. The number of nitrogens with zero attached hydrogens (tertiary/aromatic N) is 2. The van der Waals surface area contributed by atoms with E-state index in [1.54, 1.807) is 18.2 Å². The third-order valence-corrected chi connectivity index (χ3v) is 4.79. The van der Waals surface area contributed by atoms with Gasteiger partial charge in [0.15, 0.2) is 10.9 Å². The lowest BCUT2D eigenvalue weighted by Gasteiger charge is -2.08. The maximum atomic E-state index is 13.0. The highest BCUT2D eigenvalue weighted by Gasteiger charge is 2.15. The molecule has 0 saturated heterocycles. The van der Waals surface area contributed by atoms with Crippen molar-refractivity contribution in [1.82, 2.24) is 9.97 Å². The van der Waals surface area contributed by atoms with Gasteiger partial charge in [0.1, 0.15) is 5.82 Å². The molecule has 2 N–H and O–H groups in total. The van der Waals surface area contributed by atoms with Crippen molar-refractivity contribution in [3.05, 3.63) is 82.4 Å². The molecule has 0 saturated carbocycles. The Labute approximate surface area is 168 Å². The lowest BCUT2D eigenvalue weighted by Crippen LogP contribution is -2.15. The number of rotatable bonds is 6. The molecule has 3 rings (SSSR count). The number of nitrogens with one attached hydrogen (secondary N) is 1. The van der Waals surface area contributed by atoms with Crippen LogP contribution in [0, 0.1) is 5.82 Å². The molecule has 6 nitrogen and oxygen atoms in total. The average Bonchev–Trinajstić information content (AvgIpc) is 2.68. The molecule has 2 aromatic carbocycles. The van der Waals surface area contributed by atoms with Crippen molar-refractivity contribution in [2.75, 3.05) is 5.32 Å². The summed E-state index contributed by atoms with van der Waals surface area (Å²) in [7, 11) is 0. The fraction of sp³-hybridized carbons (Fsp3) is 0.0526. The molecule has 0 aliphatic heterocycles.